The van der Waals surface area contributed by atoms with Crippen molar-refractivity contribution < 1.29 is 9.66 Å². The molecule has 0 aliphatic heterocycles. The van der Waals surface area contributed by atoms with E-state index in [1.54, 1.807) is 36.4 Å². The maximum atomic E-state index is 10.9. The molecule has 0 aliphatic carbocycles. The molecule has 106 valence electrons. The normalized spacial score (nSPS) is 9.71. The Kier molecular flexibility index (Phi) is 4.33. The van der Waals surface area contributed by atoms with Gasteiger partial charge in [0.05, 0.1) is 16.6 Å². The van der Waals surface area contributed by atoms with Gasteiger partial charge in [-0.3, -0.25) is 16.0 Å². The largest absolute Gasteiger partial charge is 0.489 e. The van der Waals surface area contributed by atoms with Crippen LogP contribution in [0, 0.1) is 21.4 Å². The Balaban J connectivity index is 2.17. The Morgan fingerprint density at radius 3 is 2.57 bits per heavy atom. The third-order valence-corrected chi connectivity index (χ3v) is 2.85. The van der Waals surface area contributed by atoms with E-state index in [1.807, 2.05) is 6.07 Å². The van der Waals surface area contributed by atoms with Crippen LogP contribution < -0.4 is 16.0 Å². The van der Waals surface area contributed by atoms with Gasteiger partial charge in [0.2, 0.25) is 0 Å². The van der Waals surface area contributed by atoms with Crippen molar-refractivity contribution in [3.05, 3.63) is 63.7 Å². The number of nitrogens with zero attached hydrogens (tertiary/aromatic N) is 2. The van der Waals surface area contributed by atoms with Gasteiger partial charge in [0, 0.05) is 11.6 Å². The highest BCUT2D eigenvalue weighted by atomic mass is 16.6. The maximum absolute atomic E-state index is 10.9. The molecule has 21 heavy (non-hydrogen) atoms. The van der Waals surface area contributed by atoms with E-state index < -0.39 is 4.92 Å². The molecule has 0 radical (unpaired) electrons. The molecule has 0 saturated heterocycles. The summed E-state index contributed by atoms with van der Waals surface area (Å²) in [6.45, 7) is 0.118. The van der Waals surface area contributed by atoms with E-state index in [2.05, 4.69) is 5.43 Å². The van der Waals surface area contributed by atoms with Gasteiger partial charge in [0.15, 0.2) is 0 Å². The van der Waals surface area contributed by atoms with Crippen LogP contribution in [0.1, 0.15) is 11.1 Å². The monoisotopic (exact) mass is 284 g/mol. The zero-order chi connectivity index (χ0) is 15.2. The standard InChI is InChI=1S/C14H12N4O3/c15-8-10-4-6-12(7-5-10)21-9-11-2-1-3-13(18(19)20)14(11)17-16/h1-7,17H,9,16H2. The molecule has 7 heteroatoms. The highest BCUT2D eigenvalue weighted by molar-refractivity contribution is 5.65. The lowest BCUT2D eigenvalue weighted by Crippen LogP contribution is -2.12. The number of hydrogen-bond donors (Lipinski definition) is 2. The van der Waals surface area contributed by atoms with Crippen LogP contribution in [0.2, 0.25) is 0 Å². The lowest BCUT2D eigenvalue weighted by molar-refractivity contribution is -0.384. The van der Waals surface area contributed by atoms with Crippen molar-refractivity contribution in [2.24, 2.45) is 5.84 Å². The average molecular weight is 284 g/mol. The van der Waals surface area contributed by atoms with E-state index >= 15 is 0 Å². The van der Waals surface area contributed by atoms with Gasteiger partial charge >= 0.3 is 0 Å². The molecule has 0 atom stereocenters. The number of nitrogens with one attached hydrogen (secondary N) is 1. The molecule has 0 aliphatic rings. The Bertz CT molecular complexity index is 692. The van der Waals surface area contributed by atoms with Gasteiger partial charge in [-0.25, -0.2) is 0 Å². The number of nitro groups is 1. The predicted octanol–water partition coefficient (Wildman–Crippen LogP) is 2.33. The van der Waals surface area contributed by atoms with Crippen LogP contribution in [0.15, 0.2) is 42.5 Å². The molecule has 0 amide bonds. The first-order valence-corrected chi connectivity index (χ1v) is 6.01. The zero-order valence-corrected chi connectivity index (χ0v) is 10.9. The summed E-state index contributed by atoms with van der Waals surface area (Å²) in [6, 6.07) is 13.2. The van der Waals surface area contributed by atoms with Gasteiger partial charge in [-0.2, -0.15) is 5.26 Å². The summed E-state index contributed by atoms with van der Waals surface area (Å²) in [5.41, 5.74) is 3.54. The Morgan fingerprint density at radius 2 is 2.00 bits per heavy atom. The molecule has 3 N–H and O–H groups in total. The second-order valence-electron chi connectivity index (χ2n) is 4.14. The number of nitrogens with two attached hydrogens (primary N) is 1. The van der Waals surface area contributed by atoms with Gasteiger partial charge in [0.25, 0.3) is 5.69 Å². The fourth-order valence-electron chi connectivity index (χ4n) is 1.81. The number of nitriles is 1. The molecule has 2 aromatic rings. The number of nitrogen functional groups attached to an aromatic ring is 1. The summed E-state index contributed by atoms with van der Waals surface area (Å²) < 4.78 is 5.54. The van der Waals surface area contributed by atoms with Gasteiger partial charge in [0.1, 0.15) is 18.0 Å². The number of hydrazine groups is 1. The van der Waals surface area contributed by atoms with Crippen LogP contribution in [-0.4, -0.2) is 4.92 Å². The first-order valence-electron chi connectivity index (χ1n) is 6.01. The van der Waals surface area contributed by atoms with Crippen molar-refractivity contribution >= 4 is 11.4 Å². The molecular formula is C14H12N4O3. The highest BCUT2D eigenvalue weighted by Gasteiger charge is 2.16. The first-order chi connectivity index (χ1) is 10.2. The van der Waals surface area contributed by atoms with Gasteiger partial charge in [-0.05, 0) is 24.3 Å². The fraction of sp³-hybridized carbons (Fsp3) is 0.0714. The molecule has 0 aromatic heterocycles. The number of nitro benzene ring substituents is 1. The number of ether oxygens (including phenoxy) is 1. The summed E-state index contributed by atoms with van der Waals surface area (Å²) in [4.78, 5) is 10.4. The summed E-state index contributed by atoms with van der Waals surface area (Å²) in [5, 5.41) is 19.6. The number of rotatable bonds is 5. The molecule has 0 saturated carbocycles. The van der Waals surface area contributed by atoms with Crippen molar-refractivity contribution in [2.45, 2.75) is 6.61 Å². The van der Waals surface area contributed by atoms with E-state index in [1.165, 1.54) is 6.07 Å². The summed E-state index contributed by atoms with van der Waals surface area (Å²) in [7, 11) is 0. The van der Waals surface area contributed by atoms with E-state index in [0.717, 1.165) is 0 Å². The third kappa shape index (κ3) is 3.26. The molecule has 0 heterocycles. The number of para-hydroxylation sites is 1. The van der Waals surface area contributed by atoms with Gasteiger partial charge < -0.3 is 10.2 Å². The van der Waals surface area contributed by atoms with Crippen molar-refractivity contribution in [3.8, 4) is 11.8 Å². The molecule has 0 unspecified atom stereocenters. The van der Waals surface area contributed by atoms with Gasteiger partial charge in [-0.1, -0.05) is 12.1 Å². The SMILES string of the molecule is N#Cc1ccc(OCc2cccc([N+](=O)[O-])c2NN)cc1. The fourth-order valence-corrected chi connectivity index (χ4v) is 1.81. The zero-order valence-electron chi connectivity index (χ0n) is 10.9. The Morgan fingerprint density at radius 1 is 1.29 bits per heavy atom. The molecule has 0 bridgehead atoms. The second-order valence-corrected chi connectivity index (χ2v) is 4.14. The van der Waals surface area contributed by atoms with Crippen LogP contribution >= 0.6 is 0 Å². The lowest BCUT2D eigenvalue weighted by atomic mass is 10.1. The maximum Gasteiger partial charge on any atom is 0.294 e. The topological polar surface area (TPSA) is 114 Å². The van der Waals surface area contributed by atoms with Crippen LogP contribution in [0.5, 0.6) is 5.75 Å². The van der Waals surface area contributed by atoms with E-state index in [0.29, 0.717) is 16.9 Å². The predicted molar refractivity (Wildman–Crippen MR) is 76.4 cm³/mol. The van der Waals surface area contributed by atoms with E-state index in [4.69, 9.17) is 15.8 Å². The van der Waals surface area contributed by atoms with Crippen LogP contribution in [0.25, 0.3) is 0 Å². The van der Waals surface area contributed by atoms with E-state index in [9.17, 15) is 10.1 Å². The first kappa shape index (κ1) is 14.3. The molecular weight excluding hydrogens is 272 g/mol. The average Bonchev–Trinajstić information content (AvgIpc) is 2.52. The summed E-state index contributed by atoms with van der Waals surface area (Å²) in [6.07, 6.45) is 0. The minimum Gasteiger partial charge on any atom is -0.489 e. The minimum atomic E-state index is -0.513. The molecule has 7 nitrogen and oxygen atoms in total. The van der Waals surface area contributed by atoms with E-state index in [-0.39, 0.29) is 18.0 Å². The van der Waals surface area contributed by atoms with Crippen LogP contribution in [0.4, 0.5) is 11.4 Å². The molecule has 2 rings (SSSR count). The van der Waals surface area contributed by atoms with Crippen LogP contribution in [-0.2, 0) is 6.61 Å². The second kappa shape index (κ2) is 6.36. The Hall–Kier alpha value is -3.11. The molecule has 2 aromatic carbocycles. The smallest absolute Gasteiger partial charge is 0.294 e. The molecule has 0 fully saturated rings. The van der Waals surface area contributed by atoms with Crippen molar-refractivity contribution in [1.29, 1.82) is 5.26 Å². The quantitative estimate of drug-likeness (QED) is 0.494. The highest BCUT2D eigenvalue weighted by Crippen LogP contribution is 2.28. The summed E-state index contributed by atoms with van der Waals surface area (Å²) >= 11 is 0. The number of anilines is 1. The van der Waals surface area contributed by atoms with Crippen LogP contribution in [0.3, 0.4) is 0 Å². The summed E-state index contributed by atoms with van der Waals surface area (Å²) in [5.74, 6) is 5.91. The van der Waals surface area contributed by atoms with Crippen molar-refractivity contribution in [2.75, 3.05) is 5.43 Å². The van der Waals surface area contributed by atoms with Gasteiger partial charge in [-0.15, -0.1) is 0 Å². The Labute approximate surface area is 120 Å². The van der Waals surface area contributed by atoms with Crippen molar-refractivity contribution in [3.63, 3.8) is 0 Å². The lowest BCUT2D eigenvalue weighted by Gasteiger charge is -2.10. The van der Waals surface area contributed by atoms with Crippen molar-refractivity contribution in [1.82, 2.24) is 0 Å². The number of benzene rings is 2. The third-order valence-electron chi connectivity index (χ3n) is 2.85. The number of hydrogen-bond acceptors (Lipinski definition) is 6. The minimum absolute atomic E-state index is 0.113. The molecule has 0 spiro atoms.